The number of H-pyrrole nitrogens is 1. The van der Waals surface area contributed by atoms with Gasteiger partial charge in [-0.15, -0.1) is 0 Å². The molecule has 5 rings (SSSR count). The predicted octanol–water partition coefficient (Wildman–Crippen LogP) is 3.78. The first-order valence-electron chi connectivity index (χ1n) is 10.6. The standard InChI is InChI=1S/C23H29N3O2/c1-4-26(3)22(28)20-18-12-19-17-7-5-13-11-14(27)6-8-15(13)16(17)9-10-23(19,2)21(18)25-24-20/h6,8,11,16-17,19,27H,4-5,7,9-10,12H2,1-3H3,(H,24,25)/t16-,17-,19+,23+/m1/s1. The molecule has 0 bridgehead atoms. The Morgan fingerprint density at radius 2 is 2.21 bits per heavy atom. The van der Waals surface area contributed by atoms with Crippen LogP contribution in [-0.2, 0) is 18.3 Å². The van der Waals surface area contributed by atoms with Crippen LogP contribution < -0.4 is 0 Å². The minimum absolute atomic E-state index is 0.0308. The lowest BCUT2D eigenvalue weighted by Gasteiger charge is -2.49. The van der Waals surface area contributed by atoms with E-state index in [0.717, 1.165) is 37.7 Å². The third-order valence-electron chi connectivity index (χ3n) is 7.99. The number of hydrogen-bond donors (Lipinski definition) is 2. The zero-order valence-corrected chi connectivity index (χ0v) is 17.0. The molecular formula is C23H29N3O2. The number of amides is 1. The van der Waals surface area contributed by atoms with E-state index in [1.807, 2.05) is 26.1 Å². The van der Waals surface area contributed by atoms with Crippen LogP contribution in [0.15, 0.2) is 18.2 Å². The fourth-order valence-electron chi connectivity index (χ4n) is 6.33. The fourth-order valence-corrected chi connectivity index (χ4v) is 6.33. The van der Waals surface area contributed by atoms with Crippen LogP contribution in [0.1, 0.15) is 71.9 Å². The van der Waals surface area contributed by atoms with E-state index in [1.54, 1.807) is 4.90 Å². The van der Waals surface area contributed by atoms with E-state index in [9.17, 15) is 9.90 Å². The van der Waals surface area contributed by atoms with Crippen LogP contribution >= 0.6 is 0 Å². The van der Waals surface area contributed by atoms with Gasteiger partial charge in [-0.05, 0) is 80.0 Å². The summed E-state index contributed by atoms with van der Waals surface area (Å²) in [6, 6.07) is 5.94. The number of carbonyl (C=O) groups is 1. The summed E-state index contributed by atoms with van der Waals surface area (Å²) in [5.41, 5.74) is 5.85. The SMILES string of the molecule is CCN(C)C(=O)c1n[nH]c2c1C[C@H]1[C@@H]3CCc4cc(O)ccc4[C@H]3CC[C@]21C. The Hall–Kier alpha value is -2.30. The third kappa shape index (κ3) is 2.31. The summed E-state index contributed by atoms with van der Waals surface area (Å²) in [6.07, 6.45) is 5.43. The molecule has 2 aromatic rings. The highest BCUT2D eigenvalue weighted by Gasteiger charge is 2.54. The van der Waals surface area contributed by atoms with Crippen molar-refractivity contribution in [1.29, 1.82) is 0 Å². The molecule has 0 radical (unpaired) electrons. The number of benzene rings is 1. The summed E-state index contributed by atoms with van der Waals surface area (Å²) < 4.78 is 0. The van der Waals surface area contributed by atoms with Gasteiger partial charge in [0.05, 0.1) is 0 Å². The molecule has 0 saturated heterocycles. The van der Waals surface area contributed by atoms with E-state index in [-0.39, 0.29) is 11.3 Å². The lowest BCUT2D eigenvalue weighted by molar-refractivity contribution is 0.0792. The number of nitrogens with zero attached hydrogens (tertiary/aromatic N) is 2. The van der Waals surface area contributed by atoms with Gasteiger partial charge < -0.3 is 10.0 Å². The van der Waals surface area contributed by atoms with Crippen molar-refractivity contribution in [2.24, 2.45) is 11.8 Å². The fraction of sp³-hybridized carbons (Fsp3) is 0.565. The molecule has 28 heavy (non-hydrogen) atoms. The van der Waals surface area contributed by atoms with Crippen molar-refractivity contribution in [2.45, 2.75) is 57.3 Å². The molecule has 1 amide bonds. The molecule has 1 aromatic carbocycles. The van der Waals surface area contributed by atoms with Gasteiger partial charge >= 0.3 is 0 Å². The molecule has 3 aliphatic carbocycles. The molecule has 5 heteroatoms. The van der Waals surface area contributed by atoms with E-state index >= 15 is 0 Å². The second-order valence-corrected chi connectivity index (χ2v) is 9.20. The third-order valence-corrected chi connectivity index (χ3v) is 7.99. The van der Waals surface area contributed by atoms with Crippen molar-refractivity contribution in [3.8, 4) is 5.75 Å². The molecule has 0 spiro atoms. The first kappa shape index (κ1) is 17.8. The molecule has 1 fully saturated rings. The number of aromatic amines is 1. The Bertz CT molecular complexity index is 949. The van der Waals surface area contributed by atoms with E-state index in [0.29, 0.717) is 35.7 Å². The Kier molecular flexibility index (Phi) is 3.87. The van der Waals surface area contributed by atoms with Crippen molar-refractivity contribution in [2.75, 3.05) is 13.6 Å². The zero-order valence-electron chi connectivity index (χ0n) is 17.0. The van der Waals surface area contributed by atoms with E-state index < -0.39 is 0 Å². The van der Waals surface area contributed by atoms with E-state index in [2.05, 4.69) is 23.2 Å². The maximum absolute atomic E-state index is 12.8. The van der Waals surface area contributed by atoms with Gasteiger partial charge in [-0.1, -0.05) is 13.0 Å². The number of hydrogen-bond acceptors (Lipinski definition) is 3. The first-order valence-corrected chi connectivity index (χ1v) is 10.6. The Balaban J connectivity index is 1.50. The van der Waals surface area contributed by atoms with E-state index in [1.165, 1.54) is 16.8 Å². The van der Waals surface area contributed by atoms with Crippen LogP contribution in [0.2, 0.25) is 0 Å². The average Bonchev–Trinajstić information content (AvgIpc) is 3.24. The Labute approximate surface area is 166 Å². The van der Waals surface area contributed by atoms with Gasteiger partial charge in [0, 0.05) is 30.3 Å². The van der Waals surface area contributed by atoms with Gasteiger partial charge in [-0.3, -0.25) is 9.89 Å². The largest absolute Gasteiger partial charge is 0.508 e. The Morgan fingerprint density at radius 1 is 1.39 bits per heavy atom. The zero-order chi connectivity index (χ0) is 19.6. The van der Waals surface area contributed by atoms with Crippen LogP contribution in [0.5, 0.6) is 5.75 Å². The number of carbonyl (C=O) groups excluding carboxylic acids is 1. The van der Waals surface area contributed by atoms with Crippen LogP contribution in [0.4, 0.5) is 0 Å². The minimum atomic E-state index is 0.0308. The summed E-state index contributed by atoms with van der Waals surface area (Å²) in [5, 5.41) is 17.6. The average molecular weight is 380 g/mol. The minimum Gasteiger partial charge on any atom is -0.508 e. The molecule has 5 nitrogen and oxygen atoms in total. The molecule has 0 aliphatic heterocycles. The van der Waals surface area contributed by atoms with Gasteiger partial charge in [0.15, 0.2) is 5.69 Å². The monoisotopic (exact) mass is 379 g/mol. The second-order valence-electron chi connectivity index (χ2n) is 9.20. The van der Waals surface area contributed by atoms with Crippen molar-refractivity contribution in [3.05, 3.63) is 46.3 Å². The molecule has 0 unspecified atom stereocenters. The molecular weight excluding hydrogens is 350 g/mol. The first-order chi connectivity index (χ1) is 13.4. The maximum atomic E-state index is 12.8. The van der Waals surface area contributed by atoms with Crippen molar-refractivity contribution in [1.82, 2.24) is 15.1 Å². The molecule has 3 aliphatic rings. The van der Waals surface area contributed by atoms with Gasteiger partial charge in [-0.2, -0.15) is 5.10 Å². The molecule has 1 heterocycles. The lowest BCUT2D eigenvalue weighted by atomic mass is 9.55. The number of phenolic OH excluding ortho intramolecular Hbond substituents is 1. The van der Waals surface area contributed by atoms with Crippen LogP contribution in [0, 0.1) is 11.8 Å². The number of aromatic hydroxyl groups is 1. The van der Waals surface area contributed by atoms with Crippen molar-refractivity contribution >= 4 is 5.91 Å². The normalized spacial score (nSPS) is 30.2. The smallest absolute Gasteiger partial charge is 0.274 e. The quantitative estimate of drug-likeness (QED) is 0.834. The molecule has 2 N–H and O–H groups in total. The van der Waals surface area contributed by atoms with Gasteiger partial charge in [-0.25, -0.2) is 0 Å². The second kappa shape index (κ2) is 6.10. The van der Waals surface area contributed by atoms with Gasteiger partial charge in [0.1, 0.15) is 5.75 Å². The summed E-state index contributed by atoms with van der Waals surface area (Å²) >= 11 is 0. The van der Waals surface area contributed by atoms with Gasteiger partial charge in [0.2, 0.25) is 0 Å². The number of fused-ring (bicyclic) bond motifs is 7. The van der Waals surface area contributed by atoms with Crippen molar-refractivity contribution in [3.63, 3.8) is 0 Å². The van der Waals surface area contributed by atoms with Crippen LogP contribution in [0.25, 0.3) is 0 Å². The van der Waals surface area contributed by atoms with Gasteiger partial charge in [0.25, 0.3) is 5.91 Å². The summed E-state index contributed by atoms with van der Waals surface area (Å²) in [5.74, 6) is 2.16. The van der Waals surface area contributed by atoms with Crippen molar-refractivity contribution < 1.29 is 9.90 Å². The topological polar surface area (TPSA) is 69.2 Å². The Morgan fingerprint density at radius 3 is 3.00 bits per heavy atom. The predicted molar refractivity (Wildman–Crippen MR) is 108 cm³/mol. The molecule has 4 atom stereocenters. The summed E-state index contributed by atoms with van der Waals surface area (Å²) in [6.45, 7) is 5.06. The highest BCUT2D eigenvalue weighted by molar-refractivity contribution is 5.94. The maximum Gasteiger partial charge on any atom is 0.274 e. The van der Waals surface area contributed by atoms with Crippen LogP contribution in [-0.4, -0.2) is 39.7 Å². The molecule has 1 saturated carbocycles. The number of rotatable bonds is 2. The molecule has 148 valence electrons. The highest BCUT2D eigenvalue weighted by Crippen LogP contribution is 2.60. The number of phenols is 1. The summed E-state index contributed by atoms with van der Waals surface area (Å²) in [4.78, 5) is 14.5. The number of aromatic nitrogens is 2. The highest BCUT2D eigenvalue weighted by atomic mass is 16.3. The number of nitrogens with one attached hydrogen (secondary N) is 1. The lowest BCUT2D eigenvalue weighted by Crippen LogP contribution is -2.43. The summed E-state index contributed by atoms with van der Waals surface area (Å²) in [7, 11) is 1.84. The van der Waals surface area contributed by atoms with Crippen LogP contribution in [0.3, 0.4) is 0 Å². The number of aryl methyl sites for hydroxylation is 1. The molecule has 1 aromatic heterocycles. The van der Waals surface area contributed by atoms with E-state index in [4.69, 9.17) is 0 Å².